The minimum atomic E-state index is -0.159. The van der Waals surface area contributed by atoms with Crippen LogP contribution >= 0.6 is 0 Å². The number of amides is 2. The molecule has 0 unspecified atom stereocenters. The first-order valence-corrected chi connectivity index (χ1v) is 9.76. The van der Waals surface area contributed by atoms with Crippen LogP contribution in [0.1, 0.15) is 38.2 Å². The number of carbonyl (C=O) groups is 2. The monoisotopic (exact) mass is 386 g/mol. The maximum absolute atomic E-state index is 12.1. The smallest absolute Gasteiger partial charge is 0.244 e. The SMILES string of the molecule is C=CCOc1ccc(/C=C\C(=O)NCC[C@H](CC)N2CCCC2=O)cc1OC. The second kappa shape index (κ2) is 11.2. The minimum absolute atomic E-state index is 0.159. The van der Waals surface area contributed by atoms with Gasteiger partial charge in [0.1, 0.15) is 6.61 Å². The lowest BCUT2D eigenvalue weighted by Crippen LogP contribution is -2.38. The van der Waals surface area contributed by atoms with Gasteiger partial charge in [-0.3, -0.25) is 9.59 Å². The van der Waals surface area contributed by atoms with Crippen molar-refractivity contribution in [1.29, 1.82) is 0 Å². The molecule has 2 rings (SSSR count). The highest BCUT2D eigenvalue weighted by atomic mass is 16.5. The summed E-state index contributed by atoms with van der Waals surface area (Å²) in [4.78, 5) is 25.9. The van der Waals surface area contributed by atoms with E-state index < -0.39 is 0 Å². The van der Waals surface area contributed by atoms with Gasteiger partial charge < -0.3 is 19.7 Å². The summed E-state index contributed by atoms with van der Waals surface area (Å²) < 4.78 is 10.8. The molecule has 6 heteroatoms. The predicted octanol–water partition coefficient (Wildman–Crippen LogP) is 3.18. The van der Waals surface area contributed by atoms with Gasteiger partial charge in [-0.15, -0.1) is 0 Å². The number of ether oxygens (including phenoxy) is 2. The fourth-order valence-electron chi connectivity index (χ4n) is 3.28. The molecule has 0 aromatic heterocycles. The van der Waals surface area contributed by atoms with Gasteiger partial charge in [-0.1, -0.05) is 25.6 Å². The van der Waals surface area contributed by atoms with Crippen molar-refractivity contribution < 1.29 is 19.1 Å². The molecule has 1 aromatic carbocycles. The number of hydrogen-bond acceptors (Lipinski definition) is 4. The minimum Gasteiger partial charge on any atom is -0.493 e. The van der Waals surface area contributed by atoms with Gasteiger partial charge in [-0.05, 0) is 43.0 Å². The van der Waals surface area contributed by atoms with E-state index in [-0.39, 0.29) is 17.9 Å². The maximum atomic E-state index is 12.1. The number of nitrogens with zero attached hydrogens (tertiary/aromatic N) is 1. The first kappa shape index (κ1) is 21.5. The Kier molecular flexibility index (Phi) is 8.59. The summed E-state index contributed by atoms with van der Waals surface area (Å²) in [5, 5.41) is 2.89. The van der Waals surface area contributed by atoms with Crippen molar-refractivity contribution >= 4 is 17.9 Å². The first-order valence-electron chi connectivity index (χ1n) is 9.76. The summed E-state index contributed by atoms with van der Waals surface area (Å²) in [6, 6.07) is 5.68. The second-order valence-electron chi connectivity index (χ2n) is 6.68. The zero-order valence-corrected chi connectivity index (χ0v) is 16.8. The summed E-state index contributed by atoms with van der Waals surface area (Å²) in [7, 11) is 1.57. The van der Waals surface area contributed by atoms with Gasteiger partial charge in [-0.25, -0.2) is 0 Å². The Morgan fingerprint density at radius 2 is 2.21 bits per heavy atom. The van der Waals surface area contributed by atoms with E-state index in [1.807, 2.05) is 17.0 Å². The molecule has 1 aromatic rings. The van der Waals surface area contributed by atoms with Crippen molar-refractivity contribution in [2.45, 2.75) is 38.6 Å². The van der Waals surface area contributed by atoms with Gasteiger partial charge in [0.25, 0.3) is 0 Å². The van der Waals surface area contributed by atoms with Crippen LogP contribution in [0.3, 0.4) is 0 Å². The lowest BCUT2D eigenvalue weighted by Gasteiger charge is -2.26. The second-order valence-corrected chi connectivity index (χ2v) is 6.68. The molecule has 1 heterocycles. The van der Waals surface area contributed by atoms with Crippen molar-refractivity contribution in [2.24, 2.45) is 0 Å². The number of nitrogens with one attached hydrogen (secondary N) is 1. The Labute approximate surface area is 167 Å². The maximum Gasteiger partial charge on any atom is 0.244 e. The Morgan fingerprint density at radius 1 is 1.39 bits per heavy atom. The normalized spacial score (nSPS) is 14.9. The zero-order chi connectivity index (χ0) is 20.4. The van der Waals surface area contributed by atoms with Crippen molar-refractivity contribution in [1.82, 2.24) is 10.2 Å². The van der Waals surface area contributed by atoms with E-state index in [1.54, 1.807) is 25.3 Å². The van der Waals surface area contributed by atoms with Crippen LogP contribution in [0.4, 0.5) is 0 Å². The molecule has 2 amide bonds. The number of likely N-dealkylation sites (tertiary alicyclic amines) is 1. The predicted molar refractivity (Wildman–Crippen MR) is 110 cm³/mol. The molecular weight excluding hydrogens is 356 g/mol. The topological polar surface area (TPSA) is 67.9 Å². The molecule has 1 fully saturated rings. The molecule has 1 aliphatic rings. The van der Waals surface area contributed by atoms with E-state index in [1.165, 1.54) is 6.08 Å². The summed E-state index contributed by atoms with van der Waals surface area (Å²) in [6.45, 7) is 7.48. The van der Waals surface area contributed by atoms with Crippen LogP contribution in [0, 0.1) is 0 Å². The molecule has 0 spiro atoms. The zero-order valence-electron chi connectivity index (χ0n) is 16.8. The average Bonchev–Trinajstić information content (AvgIpc) is 3.14. The lowest BCUT2D eigenvalue weighted by molar-refractivity contribution is -0.129. The fourth-order valence-corrected chi connectivity index (χ4v) is 3.28. The molecule has 0 bridgehead atoms. The van der Waals surface area contributed by atoms with E-state index in [9.17, 15) is 9.59 Å². The van der Waals surface area contributed by atoms with Gasteiger partial charge in [-0.2, -0.15) is 0 Å². The van der Waals surface area contributed by atoms with Crippen molar-refractivity contribution in [3.8, 4) is 11.5 Å². The summed E-state index contributed by atoms with van der Waals surface area (Å²) in [5.74, 6) is 1.30. The molecular formula is C22H30N2O4. The molecule has 6 nitrogen and oxygen atoms in total. The van der Waals surface area contributed by atoms with Crippen molar-refractivity contribution in [3.05, 3.63) is 42.5 Å². The number of hydrogen-bond donors (Lipinski definition) is 1. The highest BCUT2D eigenvalue weighted by Gasteiger charge is 2.26. The van der Waals surface area contributed by atoms with Crippen molar-refractivity contribution in [3.63, 3.8) is 0 Å². The third-order valence-corrected chi connectivity index (χ3v) is 4.77. The van der Waals surface area contributed by atoms with Gasteiger partial charge in [0.15, 0.2) is 11.5 Å². The van der Waals surface area contributed by atoms with Crippen LogP contribution in [0.25, 0.3) is 6.08 Å². The third-order valence-electron chi connectivity index (χ3n) is 4.77. The van der Waals surface area contributed by atoms with E-state index >= 15 is 0 Å². The molecule has 1 aliphatic heterocycles. The van der Waals surface area contributed by atoms with E-state index in [2.05, 4.69) is 18.8 Å². The number of benzene rings is 1. The standard InChI is InChI=1S/C22H30N2O4/c1-4-15-28-19-10-8-17(16-20(19)27-3)9-11-21(25)23-13-12-18(5-2)24-14-6-7-22(24)26/h4,8-11,16,18H,1,5-7,12-15H2,2-3H3,(H,23,25)/b11-9-/t18-/m0/s1. The third kappa shape index (κ3) is 6.15. The van der Waals surface area contributed by atoms with Crippen LogP contribution < -0.4 is 14.8 Å². The number of methoxy groups -OCH3 is 1. The Bertz CT molecular complexity index is 714. The van der Waals surface area contributed by atoms with Gasteiger partial charge in [0.2, 0.25) is 11.8 Å². The van der Waals surface area contributed by atoms with Crippen LogP contribution in [0.2, 0.25) is 0 Å². The van der Waals surface area contributed by atoms with E-state index in [0.717, 1.165) is 31.4 Å². The van der Waals surface area contributed by atoms with Gasteiger partial charge >= 0.3 is 0 Å². The van der Waals surface area contributed by atoms with Gasteiger partial charge in [0, 0.05) is 31.6 Å². The van der Waals surface area contributed by atoms with Crippen molar-refractivity contribution in [2.75, 3.05) is 26.8 Å². The molecule has 1 atom stereocenters. The number of rotatable bonds is 11. The lowest BCUT2D eigenvalue weighted by atomic mass is 10.1. The summed E-state index contributed by atoms with van der Waals surface area (Å²) in [5.41, 5.74) is 0.840. The largest absolute Gasteiger partial charge is 0.493 e. The molecule has 1 saturated heterocycles. The Morgan fingerprint density at radius 3 is 2.86 bits per heavy atom. The van der Waals surface area contributed by atoms with Gasteiger partial charge in [0.05, 0.1) is 7.11 Å². The Hall–Kier alpha value is -2.76. The molecule has 1 N–H and O–H groups in total. The first-order chi connectivity index (χ1) is 13.6. The summed E-state index contributed by atoms with van der Waals surface area (Å²) in [6.07, 6.45) is 8.15. The summed E-state index contributed by atoms with van der Waals surface area (Å²) >= 11 is 0. The van der Waals surface area contributed by atoms with E-state index in [4.69, 9.17) is 9.47 Å². The average molecular weight is 386 g/mol. The molecule has 152 valence electrons. The van der Waals surface area contributed by atoms with E-state index in [0.29, 0.717) is 31.1 Å². The molecule has 0 saturated carbocycles. The highest BCUT2D eigenvalue weighted by molar-refractivity contribution is 5.91. The fraction of sp³-hybridized carbons (Fsp3) is 0.455. The van der Waals surface area contributed by atoms with Crippen LogP contribution in [0.5, 0.6) is 11.5 Å². The number of carbonyl (C=O) groups excluding carboxylic acids is 2. The molecule has 0 aliphatic carbocycles. The molecule has 28 heavy (non-hydrogen) atoms. The van der Waals surface area contributed by atoms with Crippen LogP contribution in [-0.2, 0) is 9.59 Å². The van der Waals surface area contributed by atoms with Crippen LogP contribution in [-0.4, -0.2) is 49.6 Å². The van der Waals surface area contributed by atoms with Crippen LogP contribution in [0.15, 0.2) is 36.9 Å². The molecule has 0 radical (unpaired) electrons. The quantitative estimate of drug-likeness (QED) is 0.468. The highest BCUT2D eigenvalue weighted by Crippen LogP contribution is 2.28. The Balaban J connectivity index is 1.84.